The van der Waals surface area contributed by atoms with Gasteiger partial charge in [0.15, 0.2) is 0 Å². The Morgan fingerprint density at radius 2 is 1.73 bits per heavy atom. The molecule has 3 N–H and O–H groups in total. The predicted octanol–water partition coefficient (Wildman–Crippen LogP) is 2.72. The molecule has 22 heavy (non-hydrogen) atoms. The van der Waals surface area contributed by atoms with Gasteiger partial charge in [-0.1, -0.05) is 46.9 Å². The number of carboxylic acids is 2. The number of allylic oxidation sites excluding steroid dienone is 2. The van der Waals surface area contributed by atoms with Gasteiger partial charge in [0.25, 0.3) is 0 Å². The molecule has 1 unspecified atom stereocenters. The number of aliphatic hydroxyl groups is 1. The van der Waals surface area contributed by atoms with Crippen molar-refractivity contribution in [3.63, 3.8) is 0 Å². The van der Waals surface area contributed by atoms with E-state index in [-0.39, 0.29) is 21.2 Å². The largest absolute Gasteiger partial charge is 0.478 e. The van der Waals surface area contributed by atoms with Gasteiger partial charge >= 0.3 is 11.9 Å². The molecule has 1 aliphatic rings. The molecule has 1 aliphatic heterocycles. The van der Waals surface area contributed by atoms with E-state index in [0.717, 1.165) is 0 Å². The summed E-state index contributed by atoms with van der Waals surface area (Å²) in [6.07, 6.45) is -2.02. The van der Waals surface area contributed by atoms with Crippen molar-refractivity contribution >= 4 is 52.3 Å². The maximum absolute atomic E-state index is 11.3. The first kappa shape index (κ1) is 16.6. The highest BCUT2D eigenvalue weighted by molar-refractivity contribution is 6.45. The van der Waals surface area contributed by atoms with Crippen LogP contribution in [-0.2, 0) is 14.3 Å². The van der Waals surface area contributed by atoms with Crippen LogP contribution in [0.4, 0.5) is 0 Å². The van der Waals surface area contributed by atoms with Gasteiger partial charge in [-0.15, -0.1) is 0 Å². The van der Waals surface area contributed by atoms with Crippen molar-refractivity contribution in [2.75, 3.05) is 0 Å². The van der Waals surface area contributed by atoms with Crippen LogP contribution in [0.25, 0.3) is 5.57 Å². The molecule has 0 saturated heterocycles. The summed E-state index contributed by atoms with van der Waals surface area (Å²) in [4.78, 5) is 22.5. The summed E-state index contributed by atoms with van der Waals surface area (Å²) in [6, 6.07) is 4.34. The summed E-state index contributed by atoms with van der Waals surface area (Å²) in [5.41, 5.74) is -0.899. The average molecular weight is 366 g/mol. The molecule has 0 saturated carbocycles. The van der Waals surface area contributed by atoms with Crippen molar-refractivity contribution in [1.29, 1.82) is 0 Å². The topological polar surface area (TPSA) is 104 Å². The van der Waals surface area contributed by atoms with Crippen molar-refractivity contribution in [1.82, 2.24) is 0 Å². The molecule has 9 heteroatoms. The van der Waals surface area contributed by atoms with Crippen molar-refractivity contribution < 1.29 is 29.6 Å². The number of aliphatic hydroxyl groups excluding tert-OH is 1. The van der Waals surface area contributed by atoms with E-state index in [1.165, 1.54) is 18.2 Å². The summed E-state index contributed by atoms with van der Waals surface area (Å²) in [6.45, 7) is 0. The summed E-state index contributed by atoms with van der Waals surface area (Å²) in [7, 11) is 0. The van der Waals surface area contributed by atoms with E-state index < -0.39 is 34.6 Å². The van der Waals surface area contributed by atoms with Gasteiger partial charge in [0, 0.05) is 5.56 Å². The van der Waals surface area contributed by atoms with Gasteiger partial charge in [-0.3, -0.25) is 0 Å². The van der Waals surface area contributed by atoms with E-state index in [4.69, 9.17) is 44.6 Å². The number of ether oxygens (including phenoxy) is 1. The second-order valence-corrected chi connectivity index (χ2v) is 5.28. The molecule has 0 bridgehead atoms. The average Bonchev–Trinajstić information content (AvgIpc) is 2.41. The van der Waals surface area contributed by atoms with Crippen molar-refractivity contribution in [3.05, 3.63) is 50.2 Å². The van der Waals surface area contributed by atoms with Crippen molar-refractivity contribution in [2.45, 2.75) is 6.29 Å². The van der Waals surface area contributed by atoms with E-state index in [1.54, 1.807) is 0 Å². The lowest BCUT2D eigenvalue weighted by Gasteiger charge is -2.25. The van der Waals surface area contributed by atoms with E-state index in [1.807, 2.05) is 0 Å². The van der Waals surface area contributed by atoms with Crippen LogP contribution in [0, 0.1) is 0 Å². The van der Waals surface area contributed by atoms with Crippen molar-refractivity contribution in [2.24, 2.45) is 0 Å². The summed E-state index contributed by atoms with van der Waals surface area (Å²) >= 11 is 17.9. The minimum absolute atomic E-state index is 0.0270. The van der Waals surface area contributed by atoms with E-state index in [9.17, 15) is 19.8 Å². The van der Waals surface area contributed by atoms with Crippen molar-refractivity contribution in [3.8, 4) is 0 Å². The van der Waals surface area contributed by atoms with Gasteiger partial charge < -0.3 is 20.1 Å². The van der Waals surface area contributed by atoms with Gasteiger partial charge in [0.1, 0.15) is 5.57 Å². The molecule has 0 aliphatic carbocycles. The molecular formula is C13H7Cl3O6. The Morgan fingerprint density at radius 3 is 2.27 bits per heavy atom. The lowest BCUT2D eigenvalue weighted by molar-refractivity contribution is -0.146. The van der Waals surface area contributed by atoms with Gasteiger partial charge in [-0.05, 0) is 6.07 Å². The standard InChI is InChI=1S/C13H7Cl3O6/c14-5-3-1-2-4(8(5)15)6-9(16)7(11(17)18)13(21)22-10(6)12(19)20/h1-3,13,21H,(H,17,18)(H,19,20). The van der Waals surface area contributed by atoms with Gasteiger partial charge in [0.05, 0.1) is 20.7 Å². The number of rotatable bonds is 3. The van der Waals surface area contributed by atoms with Crippen LogP contribution in [0.1, 0.15) is 5.56 Å². The zero-order valence-corrected chi connectivity index (χ0v) is 12.8. The summed E-state index contributed by atoms with van der Waals surface area (Å²) < 4.78 is 4.76. The van der Waals surface area contributed by atoms with Crippen LogP contribution in [0.3, 0.4) is 0 Å². The minimum Gasteiger partial charge on any atom is -0.478 e. The number of carboxylic acid groups (broad SMARTS) is 2. The monoisotopic (exact) mass is 364 g/mol. The predicted molar refractivity (Wildman–Crippen MR) is 78.6 cm³/mol. The second kappa shape index (κ2) is 6.18. The van der Waals surface area contributed by atoms with Crippen LogP contribution in [0.2, 0.25) is 10.0 Å². The molecule has 0 amide bonds. The van der Waals surface area contributed by atoms with E-state index in [2.05, 4.69) is 0 Å². The van der Waals surface area contributed by atoms with Crippen LogP contribution in [0.15, 0.2) is 34.6 Å². The highest BCUT2D eigenvalue weighted by Crippen LogP contribution is 2.42. The Hall–Kier alpha value is -1.73. The number of halogens is 3. The molecule has 2 rings (SSSR count). The molecule has 0 fully saturated rings. The van der Waals surface area contributed by atoms with Crippen LogP contribution < -0.4 is 0 Å². The fraction of sp³-hybridized carbons (Fsp3) is 0.0769. The summed E-state index contributed by atoms with van der Waals surface area (Å²) in [5, 5.41) is 27.5. The zero-order valence-electron chi connectivity index (χ0n) is 10.5. The Morgan fingerprint density at radius 1 is 1.09 bits per heavy atom. The minimum atomic E-state index is -2.02. The Labute approximate surface area is 138 Å². The lowest BCUT2D eigenvalue weighted by atomic mass is 9.98. The van der Waals surface area contributed by atoms with Crippen LogP contribution in [0.5, 0.6) is 0 Å². The molecule has 1 heterocycles. The first-order valence-electron chi connectivity index (χ1n) is 5.65. The second-order valence-electron chi connectivity index (χ2n) is 4.11. The fourth-order valence-electron chi connectivity index (χ4n) is 1.87. The number of hydrogen-bond donors (Lipinski definition) is 3. The highest BCUT2D eigenvalue weighted by Gasteiger charge is 2.37. The maximum atomic E-state index is 11.3. The third kappa shape index (κ3) is 2.78. The lowest BCUT2D eigenvalue weighted by Crippen LogP contribution is -2.28. The van der Waals surface area contributed by atoms with Gasteiger partial charge in [-0.2, -0.15) is 0 Å². The fourth-order valence-corrected chi connectivity index (χ4v) is 2.62. The third-order valence-electron chi connectivity index (χ3n) is 2.81. The molecule has 1 atom stereocenters. The molecule has 0 aromatic heterocycles. The molecule has 1 aromatic carbocycles. The molecular weight excluding hydrogens is 358 g/mol. The molecule has 0 radical (unpaired) electrons. The number of carbonyl (C=O) groups is 2. The molecule has 116 valence electrons. The molecule has 1 aromatic rings. The first-order chi connectivity index (χ1) is 10.3. The third-order valence-corrected chi connectivity index (χ3v) is 4.02. The molecule has 6 nitrogen and oxygen atoms in total. The Balaban J connectivity index is 2.82. The Bertz CT molecular complexity index is 737. The van der Waals surface area contributed by atoms with Crippen LogP contribution in [-0.4, -0.2) is 33.5 Å². The maximum Gasteiger partial charge on any atom is 0.372 e. The quantitative estimate of drug-likeness (QED) is 0.761. The summed E-state index contributed by atoms with van der Waals surface area (Å²) in [5.74, 6) is -3.84. The number of hydrogen-bond acceptors (Lipinski definition) is 4. The van der Waals surface area contributed by atoms with Crippen LogP contribution >= 0.6 is 34.8 Å². The number of benzene rings is 1. The van der Waals surface area contributed by atoms with E-state index >= 15 is 0 Å². The SMILES string of the molecule is O=C(O)C1=C(c2cccc(Cl)c2Cl)C(Cl)=C(C(=O)O)C(O)O1. The van der Waals surface area contributed by atoms with Gasteiger partial charge in [0.2, 0.25) is 12.0 Å². The highest BCUT2D eigenvalue weighted by atomic mass is 35.5. The van der Waals surface area contributed by atoms with Gasteiger partial charge in [-0.25, -0.2) is 9.59 Å². The smallest absolute Gasteiger partial charge is 0.372 e. The number of aliphatic carboxylic acids is 2. The zero-order chi connectivity index (χ0) is 16.6. The first-order valence-corrected chi connectivity index (χ1v) is 6.79. The Kier molecular flexibility index (Phi) is 4.67. The normalized spacial score (nSPS) is 18.3. The molecule has 0 spiro atoms. The van der Waals surface area contributed by atoms with E-state index in [0.29, 0.717) is 0 Å².